The van der Waals surface area contributed by atoms with Crippen molar-refractivity contribution in [2.45, 2.75) is 91.5 Å². The Bertz CT molecular complexity index is 610. The standard InChI is InChI=1S/C21H35N3O2/c1-8-16(4)24(20(25)26-21(5,6)7)19-17(11-9-13-22-19)18-12-10-14-23(18)15(2)3/h9,11,13,15-16,18H,8,10,12,14H2,1-7H3/t16-,18-/m1/s1. The zero-order valence-corrected chi connectivity index (χ0v) is 17.5. The van der Waals surface area contributed by atoms with E-state index in [1.165, 1.54) is 6.42 Å². The second kappa shape index (κ2) is 8.38. The lowest BCUT2D eigenvalue weighted by atomic mass is 10.0. The van der Waals surface area contributed by atoms with Crippen LogP contribution in [0.5, 0.6) is 0 Å². The predicted molar refractivity (Wildman–Crippen MR) is 107 cm³/mol. The Kier molecular flexibility index (Phi) is 6.67. The zero-order valence-electron chi connectivity index (χ0n) is 17.5. The molecule has 0 aliphatic carbocycles. The van der Waals surface area contributed by atoms with Crippen LogP contribution in [0.15, 0.2) is 18.3 Å². The molecule has 0 unspecified atom stereocenters. The summed E-state index contributed by atoms with van der Waals surface area (Å²) >= 11 is 0. The summed E-state index contributed by atoms with van der Waals surface area (Å²) in [4.78, 5) is 21.9. The first kappa shape index (κ1) is 20.7. The van der Waals surface area contributed by atoms with Crippen molar-refractivity contribution in [2.75, 3.05) is 11.4 Å². The number of hydrogen-bond acceptors (Lipinski definition) is 4. The van der Waals surface area contributed by atoms with Gasteiger partial charge in [0.1, 0.15) is 11.4 Å². The highest BCUT2D eigenvalue weighted by Crippen LogP contribution is 2.38. The molecule has 2 heterocycles. The summed E-state index contributed by atoms with van der Waals surface area (Å²) < 4.78 is 5.70. The molecule has 5 nitrogen and oxygen atoms in total. The van der Waals surface area contributed by atoms with Gasteiger partial charge in [-0.15, -0.1) is 0 Å². The number of carbonyl (C=O) groups excluding carboxylic acids is 1. The fourth-order valence-electron chi connectivity index (χ4n) is 3.58. The van der Waals surface area contributed by atoms with E-state index in [-0.39, 0.29) is 12.1 Å². The molecule has 0 N–H and O–H groups in total. The van der Waals surface area contributed by atoms with Gasteiger partial charge in [-0.2, -0.15) is 0 Å². The highest BCUT2D eigenvalue weighted by atomic mass is 16.6. The molecule has 1 saturated heterocycles. The van der Waals surface area contributed by atoms with E-state index < -0.39 is 5.60 Å². The number of nitrogens with zero attached hydrogens (tertiary/aromatic N) is 3. The van der Waals surface area contributed by atoms with Gasteiger partial charge in [-0.25, -0.2) is 9.78 Å². The quantitative estimate of drug-likeness (QED) is 0.726. The molecular formula is C21H35N3O2. The Morgan fingerprint density at radius 1 is 1.38 bits per heavy atom. The number of carbonyl (C=O) groups is 1. The number of aromatic nitrogens is 1. The van der Waals surface area contributed by atoms with Crippen LogP contribution in [0.1, 0.15) is 79.3 Å². The lowest BCUT2D eigenvalue weighted by Gasteiger charge is -2.35. The molecule has 146 valence electrons. The van der Waals surface area contributed by atoms with Crippen LogP contribution in [-0.4, -0.2) is 40.2 Å². The third-order valence-electron chi connectivity index (χ3n) is 4.98. The van der Waals surface area contributed by atoms with Crippen LogP contribution in [0.25, 0.3) is 0 Å². The lowest BCUT2D eigenvalue weighted by molar-refractivity contribution is 0.0565. The fourth-order valence-corrected chi connectivity index (χ4v) is 3.58. The van der Waals surface area contributed by atoms with Gasteiger partial charge in [0, 0.05) is 29.9 Å². The molecule has 1 aromatic heterocycles. The van der Waals surface area contributed by atoms with Crippen LogP contribution in [0.2, 0.25) is 0 Å². The van der Waals surface area contributed by atoms with Crippen LogP contribution in [0.4, 0.5) is 10.6 Å². The summed E-state index contributed by atoms with van der Waals surface area (Å²) in [5.74, 6) is 0.744. The van der Waals surface area contributed by atoms with Gasteiger partial charge < -0.3 is 4.74 Å². The second-order valence-corrected chi connectivity index (χ2v) is 8.51. The van der Waals surface area contributed by atoms with Crippen molar-refractivity contribution >= 4 is 11.9 Å². The smallest absolute Gasteiger partial charge is 0.416 e. The van der Waals surface area contributed by atoms with Gasteiger partial charge in [0.25, 0.3) is 0 Å². The molecule has 0 saturated carbocycles. The molecule has 0 aromatic carbocycles. The number of anilines is 1. The third-order valence-corrected chi connectivity index (χ3v) is 4.98. The summed E-state index contributed by atoms with van der Waals surface area (Å²) in [5.41, 5.74) is 0.597. The van der Waals surface area contributed by atoms with Crippen LogP contribution in [0.3, 0.4) is 0 Å². The largest absolute Gasteiger partial charge is 0.443 e. The average molecular weight is 362 g/mol. The molecule has 1 aromatic rings. The maximum Gasteiger partial charge on any atom is 0.416 e. The normalized spacial score (nSPS) is 19.6. The second-order valence-electron chi connectivity index (χ2n) is 8.51. The Hall–Kier alpha value is -1.62. The lowest BCUT2D eigenvalue weighted by Crippen LogP contribution is -2.43. The van der Waals surface area contributed by atoms with Gasteiger partial charge in [-0.05, 0) is 73.4 Å². The van der Waals surface area contributed by atoms with Crippen molar-refractivity contribution in [2.24, 2.45) is 0 Å². The van der Waals surface area contributed by atoms with Gasteiger partial charge in [0.2, 0.25) is 0 Å². The summed E-state index contributed by atoms with van der Waals surface area (Å²) in [6.07, 6.45) is 4.56. The first-order valence-corrected chi connectivity index (χ1v) is 9.88. The van der Waals surface area contributed by atoms with E-state index in [2.05, 4.69) is 43.6 Å². The minimum Gasteiger partial charge on any atom is -0.443 e. The molecular weight excluding hydrogens is 326 g/mol. The Morgan fingerprint density at radius 2 is 2.08 bits per heavy atom. The number of likely N-dealkylation sites (tertiary alicyclic amines) is 1. The van der Waals surface area contributed by atoms with Crippen molar-refractivity contribution in [1.82, 2.24) is 9.88 Å². The molecule has 0 radical (unpaired) electrons. The van der Waals surface area contributed by atoms with Crippen LogP contribution < -0.4 is 4.90 Å². The highest BCUT2D eigenvalue weighted by Gasteiger charge is 2.34. The Labute approximate surface area is 158 Å². The van der Waals surface area contributed by atoms with E-state index in [1.54, 1.807) is 11.1 Å². The van der Waals surface area contributed by atoms with Crippen molar-refractivity contribution in [3.8, 4) is 0 Å². The van der Waals surface area contributed by atoms with E-state index in [1.807, 2.05) is 26.8 Å². The number of hydrogen-bond donors (Lipinski definition) is 0. The maximum atomic E-state index is 13.0. The number of amides is 1. The monoisotopic (exact) mass is 361 g/mol. The average Bonchev–Trinajstić information content (AvgIpc) is 3.03. The Morgan fingerprint density at radius 3 is 2.65 bits per heavy atom. The summed E-state index contributed by atoms with van der Waals surface area (Å²) in [6, 6.07) is 4.88. The van der Waals surface area contributed by atoms with E-state index >= 15 is 0 Å². The number of ether oxygens (including phenoxy) is 1. The van der Waals surface area contributed by atoms with Crippen LogP contribution >= 0.6 is 0 Å². The predicted octanol–water partition coefficient (Wildman–Crippen LogP) is 5.17. The van der Waals surface area contributed by atoms with Crippen molar-refractivity contribution in [1.29, 1.82) is 0 Å². The van der Waals surface area contributed by atoms with Gasteiger partial charge in [0.15, 0.2) is 0 Å². The highest BCUT2D eigenvalue weighted by molar-refractivity contribution is 5.88. The Balaban J connectivity index is 2.44. The zero-order chi connectivity index (χ0) is 19.5. The minimum atomic E-state index is -0.533. The van der Waals surface area contributed by atoms with E-state index in [0.29, 0.717) is 12.1 Å². The molecule has 1 aliphatic heterocycles. The van der Waals surface area contributed by atoms with E-state index in [4.69, 9.17) is 4.74 Å². The summed E-state index contributed by atoms with van der Waals surface area (Å²) in [5, 5.41) is 0. The van der Waals surface area contributed by atoms with Gasteiger partial charge >= 0.3 is 6.09 Å². The number of pyridine rings is 1. The minimum absolute atomic E-state index is 0.0207. The van der Waals surface area contributed by atoms with Crippen molar-refractivity contribution in [3.05, 3.63) is 23.9 Å². The third kappa shape index (κ3) is 4.76. The SMILES string of the molecule is CC[C@@H](C)N(C(=O)OC(C)(C)C)c1ncccc1[C@H]1CCCN1C(C)C. The number of rotatable bonds is 5. The summed E-state index contributed by atoms with van der Waals surface area (Å²) in [6.45, 7) is 15.4. The van der Waals surface area contributed by atoms with Gasteiger partial charge in [-0.1, -0.05) is 13.0 Å². The molecule has 1 amide bonds. The molecule has 5 heteroatoms. The maximum absolute atomic E-state index is 13.0. The molecule has 0 spiro atoms. The summed E-state index contributed by atoms with van der Waals surface area (Å²) in [7, 11) is 0. The molecule has 1 fully saturated rings. The van der Waals surface area contributed by atoms with E-state index in [9.17, 15) is 4.79 Å². The topological polar surface area (TPSA) is 45.7 Å². The fraction of sp³-hybridized carbons (Fsp3) is 0.714. The molecule has 0 bridgehead atoms. The van der Waals surface area contributed by atoms with Gasteiger partial charge in [-0.3, -0.25) is 9.80 Å². The first-order chi connectivity index (χ1) is 12.2. The molecule has 1 aliphatic rings. The molecule has 2 atom stereocenters. The van der Waals surface area contributed by atoms with E-state index in [0.717, 1.165) is 30.8 Å². The molecule has 2 rings (SSSR count). The molecule has 26 heavy (non-hydrogen) atoms. The van der Waals surface area contributed by atoms with Crippen LogP contribution in [0, 0.1) is 0 Å². The first-order valence-electron chi connectivity index (χ1n) is 9.88. The van der Waals surface area contributed by atoms with Crippen LogP contribution in [-0.2, 0) is 4.74 Å². The van der Waals surface area contributed by atoms with Crippen molar-refractivity contribution < 1.29 is 9.53 Å². The van der Waals surface area contributed by atoms with Crippen molar-refractivity contribution in [3.63, 3.8) is 0 Å². The van der Waals surface area contributed by atoms with Gasteiger partial charge in [0.05, 0.1) is 0 Å².